The average Bonchev–Trinajstić information content (AvgIpc) is 2.35. The highest BCUT2D eigenvalue weighted by atomic mass is 19.1. The Bertz CT molecular complexity index is 453. The van der Waals surface area contributed by atoms with Gasteiger partial charge in [-0.25, -0.2) is 10.2 Å². The van der Waals surface area contributed by atoms with Crippen LogP contribution in [0.5, 0.6) is 0 Å². The predicted molar refractivity (Wildman–Crippen MR) is 80.5 cm³/mol. The Morgan fingerprint density at radius 1 is 1.26 bits per heavy atom. The van der Waals surface area contributed by atoms with Gasteiger partial charge in [-0.2, -0.15) is 0 Å². The molecule has 0 atom stereocenters. The van der Waals surface area contributed by atoms with Crippen LogP contribution in [-0.2, 0) is 0 Å². The lowest BCUT2D eigenvalue weighted by molar-refractivity contribution is 0.301. The van der Waals surface area contributed by atoms with Crippen molar-refractivity contribution in [2.75, 3.05) is 17.3 Å². The van der Waals surface area contributed by atoms with Crippen LogP contribution >= 0.6 is 0 Å². The summed E-state index contributed by atoms with van der Waals surface area (Å²) in [6.07, 6.45) is 2.04. The topological polar surface area (TPSA) is 55.3 Å². The van der Waals surface area contributed by atoms with Gasteiger partial charge in [0.2, 0.25) is 0 Å². The van der Waals surface area contributed by atoms with Gasteiger partial charge < -0.3 is 10.7 Å². The minimum atomic E-state index is -0.227. The molecule has 108 valence electrons. The molecular formula is C15H26FN3. The molecule has 0 spiro atoms. The number of halogens is 1. The van der Waals surface area contributed by atoms with Crippen molar-refractivity contribution in [3.05, 3.63) is 23.0 Å². The summed E-state index contributed by atoms with van der Waals surface area (Å²) in [4.78, 5) is 0. The van der Waals surface area contributed by atoms with Gasteiger partial charge >= 0.3 is 0 Å². The van der Waals surface area contributed by atoms with Gasteiger partial charge in [0, 0.05) is 12.1 Å². The van der Waals surface area contributed by atoms with Crippen molar-refractivity contribution in [1.82, 2.24) is 0 Å². The summed E-state index contributed by atoms with van der Waals surface area (Å²) >= 11 is 0. The first-order chi connectivity index (χ1) is 8.75. The fourth-order valence-corrected chi connectivity index (χ4v) is 2.33. The lowest BCUT2D eigenvalue weighted by Crippen LogP contribution is -2.41. The van der Waals surface area contributed by atoms with Crippen LogP contribution in [0.1, 0.15) is 44.7 Å². The third-order valence-electron chi connectivity index (χ3n) is 4.22. The van der Waals surface area contributed by atoms with Gasteiger partial charge in [0.1, 0.15) is 5.82 Å². The monoisotopic (exact) mass is 267 g/mol. The number of hydrogen-bond donors (Lipinski definition) is 2. The number of nitrogen functional groups attached to an aromatic ring is 1. The molecular weight excluding hydrogens is 241 g/mol. The molecule has 0 aliphatic rings. The van der Waals surface area contributed by atoms with Crippen molar-refractivity contribution in [2.45, 2.75) is 47.5 Å². The normalized spacial score (nSPS) is 11.7. The lowest BCUT2D eigenvalue weighted by atomic mass is 9.84. The lowest BCUT2D eigenvalue weighted by Gasteiger charge is -2.34. The molecule has 0 amide bonds. The van der Waals surface area contributed by atoms with Crippen molar-refractivity contribution < 1.29 is 4.39 Å². The van der Waals surface area contributed by atoms with E-state index >= 15 is 0 Å². The van der Waals surface area contributed by atoms with Crippen molar-refractivity contribution in [1.29, 1.82) is 0 Å². The standard InChI is InChI=1S/C15H26FN3/c1-6-15(5,7-2)9-19(18)14-11(4)13(16)10(3)8-12(14)17/h8H,6-7,9,17-18H2,1-5H3. The summed E-state index contributed by atoms with van der Waals surface area (Å²) < 4.78 is 14.0. The third kappa shape index (κ3) is 3.18. The number of rotatable bonds is 5. The number of nitrogens with zero attached hydrogens (tertiary/aromatic N) is 1. The molecule has 4 N–H and O–H groups in total. The minimum Gasteiger partial charge on any atom is -0.397 e. The van der Waals surface area contributed by atoms with Crippen LogP contribution in [0.15, 0.2) is 6.07 Å². The van der Waals surface area contributed by atoms with E-state index in [0.717, 1.165) is 12.8 Å². The second-order valence-electron chi connectivity index (χ2n) is 5.72. The van der Waals surface area contributed by atoms with E-state index in [0.29, 0.717) is 29.0 Å². The highest BCUT2D eigenvalue weighted by Crippen LogP contribution is 2.33. The molecule has 0 unspecified atom stereocenters. The molecule has 0 aliphatic carbocycles. The summed E-state index contributed by atoms with van der Waals surface area (Å²) in [6.45, 7) is 10.6. The van der Waals surface area contributed by atoms with E-state index in [1.165, 1.54) is 0 Å². The largest absolute Gasteiger partial charge is 0.397 e. The molecule has 0 saturated carbocycles. The summed E-state index contributed by atoms with van der Waals surface area (Å²) in [5.41, 5.74) is 8.33. The van der Waals surface area contributed by atoms with Crippen molar-refractivity contribution in [2.24, 2.45) is 11.3 Å². The minimum absolute atomic E-state index is 0.106. The van der Waals surface area contributed by atoms with E-state index in [2.05, 4.69) is 20.8 Å². The number of hydrazine groups is 1. The van der Waals surface area contributed by atoms with Crippen LogP contribution in [0.4, 0.5) is 15.8 Å². The molecule has 1 aromatic carbocycles. The number of hydrogen-bond acceptors (Lipinski definition) is 3. The molecule has 0 heterocycles. The van der Waals surface area contributed by atoms with Crippen LogP contribution in [0.3, 0.4) is 0 Å². The van der Waals surface area contributed by atoms with Crippen LogP contribution in [0.25, 0.3) is 0 Å². The molecule has 0 radical (unpaired) electrons. The van der Waals surface area contributed by atoms with Gasteiger partial charge in [0.15, 0.2) is 0 Å². The van der Waals surface area contributed by atoms with Crippen LogP contribution in [0, 0.1) is 25.1 Å². The zero-order valence-corrected chi connectivity index (χ0v) is 12.7. The molecule has 4 heteroatoms. The van der Waals surface area contributed by atoms with Gasteiger partial charge in [0.25, 0.3) is 0 Å². The molecule has 1 rings (SSSR count). The summed E-state index contributed by atoms with van der Waals surface area (Å²) in [6, 6.07) is 1.65. The molecule has 19 heavy (non-hydrogen) atoms. The van der Waals surface area contributed by atoms with E-state index in [9.17, 15) is 4.39 Å². The first kappa shape index (κ1) is 15.8. The Labute approximate surface area is 115 Å². The van der Waals surface area contributed by atoms with Crippen LogP contribution < -0.4 is 16.6 Å². The van der Waals surface area contributed by atoms with Gasteiger partial charge in [-0.05, 0) is 43.7 Å². The van der Waals surface area contributed by atoms with Crippen LogP contribution in [-0.4, -0.2) is 6.54 Å². The molecule has 0 bridgehead atoms. The van der Waals surface area contributed by atoms with E-state index in [1.54, 1.807) is 24.9 Å². The molecule has 1 aromatic rings. The quantitative estimate of drug-likeness (QED) is 0.487. The Morgan fingerprint density at radius 2 is 1.79 bits per heavy atom. The number of nitrogens with two attached hydrogens (primary N) is 2. The summed E-state index contributed by atoms with van der Waals surface area (Å²) in [7, 11) is 0. The second kappa shape index (κ2) is 5.78. The molecule has 3 nitrogen and oxygen atoms in total. The van der Waals surface area contributed by atoms with E-state index < -0.39 is 0 Å². The van der Waals surface area contributed by atoms with E-state index in [4.69, 9.17) is 11.6 Å². The van der Waals surface area contributed by atoms with Crippen LogP contribution in [0.2, 0.25) is 0 Å². The van der Waals surface area contributed by atoms with Crippen molar-refractivity contribution in [3.8, 4) is 0 Å². The molecule has 0 saturated heterocycles. The van der Waals surface area contributed by atoms with Gasteiger partial charge in [0.05, 0.1) is 11.4 Å². The Balaban J connectivity index is 3.14. The molecule has 0 fully saturated rings. The maximum atomic E-state index is 14.0. The first-order valence-corrected chi connectivity index (χ1v) is 6.83. The van der Waals surface area contributed by atoms with E-state index in [-0.39, 0.29) is 11.2 Å². The maximum absolute atomic E-state index is 14.0. The van der Waals surface area contributed by atoms with Crippen molar-refractivity contribution >= 4 is 11.4 Å². The Hall–Kier alpha value is -1.29. The van der Waals surface area contributed by atoms with E-state index in [1.807, 2.05) is 0 Å². The zero-order valence-electron chi connectivity index (χ0n) is 12.7. The number of benzene rings is 1. The summed E-state index contributed by atoms with van der Waals surface area (Å²) in [5, 5.41) is 1.60. The van der Waals surface area contributed by atoms with Crippen molar-refractivity contribution in [3.63, 3.8) is 0 Å². The fourth-order valence-electron chi connectivity index (χ4n) is 2.33. The second-order valence-corrected chi connectivity index (χ2v) is 5.72. The third-order valence-corrected chi connectivity index (χ3v) is 4.22. The fraction of sp³-hybridized carbons (Fsp3) is 0.600. The average molecular weight is 267 g/mol. The smallest absolute Gasteiger partial charge is 0.131 e. The number of anilines is 2. The number of aryl methyl sites for hydroxylation is 1. The Morgan fingerprint density at radius 3 is 2.26 bits per heavy atom. The molecule has 0 aromatic heterocycles. The first-order valence-electron chi connectivity index (χ1n) is 6.83. The van der Waals surface area contributed by atoms with Gasteiger partial charge in [-0.3, -0.25) is 0 Å². The molecule has 0 aliphatic heterocycles. The van der Waals surface area contributed by atoms with Gasteiger partial charge in [-0.1, -0.05) is 20.8 Å². The highest BCUT2D eigenvalue weighted by molar-refractivity contribution is 5.72. The van der Waals surface area contributed by atoms with Gasteiger partial charge in [-0.15, -0.1) is 0 Å². The zero-order chi connectivity index (χ0) is 14.8. The predicted octanol–water partition coefficient (Wildman–Crippen LogP) is 3.53. The summed E-state index contributed by atoms with van der Waals surface area (Å²) in [5.74, 6) is 5.91. The Kier molecular flexibility index (Phi) is 4.80. The highest BCUT2D eigenvalue weighted by Gasteiger charge is 2.25. The maximum Gasteiger partial charge on any atom is 0.131 e. The SMILES string of the molecule is CCC(C)(CC)CN(N)c1c(N)cc(C)c(F)c1C.